The van der Waals surface area contributed by atoms with Gasteiger partial charge in [0.2, 0.25) is 0 Å². The molecule has 1 heterocycles. The Morgan fingerprint density at radius 3 is 2.71 bits per heavy atom. The second kappa shape index (κ2) is 5.59. The maximum atomic E-state index is 8.70. The zero-order valence-electron chi connectivity index (χ0n) is 10.6. The lowest BCUT2D eigenvalue weighted by Gasteiger charge is -2.25. The molecule has 1 saturated carbocycles. The molecular formula is C13H19N3S. The van der Waals surface area contributed by atoms with E-state index in [1.807, 2.05) is 0 Å². The van der Waals surface area contributed by atoms with Crippen molar-refractivity contribution in [3.63, 3.8) is 0 Å². The van der Waals surface area contributed by atoms with E-state index >= 15 is 0 Å². The van der Waals surface area contributed by atoms with Crippen molar-refractivity contribution in [3.8, 4) is 6.07 Å². The van der Waals surface area contributed by atoms with E-state index in [1.54, 1.807) is 11.8 Å². The monoisotopic (exact) mass is 249 g/mol. The topological polar surface area (TPSA) is 41.6 Å². The van der Waals surface area contributed by atoms with Crippen LogP contribution in [0.15, 0.2) is 5.16 Å². The molecule has 0 saturated heterocycles. The highest BCUT2D eigenvalue weighted by atomic mass is 32.2. The van der Waals surface area contributed by atoms with Crippen LogP contribution in [-0.2, 0) is 0 Å². The molecule has 0 N–H and O–H groups in total. The molecule has 3 nitrogen and oxygen atoms in total. The lowest BCUT2D eigenvalue weighted by Crippen LogP contribution is -2.15. The fourth-order valence-corrected chi connectivity index (χ4v) is 3.38. The summed E-state index contributed by atoms with van der Waals surface area (Å²) in [5, 5.41) is 9.73. The Morgan fingerprint density at radius 2 is 2.06 bits per heavy atom. The first-order chi connectivity index (χ1) is 8.24. The molecule has 1 aliphatic rings. The van der Waals surface area contributed by atoms with Crippen LogP contribution in [0.3, 0.4) is 0 Å². The van der Waals surface area contributed by atoms with Crippen LogP contribution in [0, 0.1) is 25.2 Å². The van der Waals surface area contributed by atoms with E-state index in [-0.39, 0.29) is 0 Å². The van der Waals surface area contributed by atoms with Gasteiger partial charge >= 0.3 is 0 Å². The third kappa shape index (κ3) is 2.66. The van der Waals surface area contributed by atoms with Crippen LogP contribution in [0.5, 0.6) is 0 Å². The highest BCUT2D eigenvalue weighted by Gasteiger charge is 2.21. The number of hydrogen-bond donors (Lipinski definition) is 0. The Bertz CT molecular complexity index is 425. The summed E-state index contributed by atoms with van der Waals surface area (Å²) in [5.74, 6) is 0.489. The van der Waals surface area contributed by atoms with Gasteiger partial charge in [0.25, 0.3) is 0 Å². The number of hydrogen-bond acceptors (Lipinski definition) is 3. The predicted octanol–water partition coefficient (Wildman–Crippen LogP) is 3.62. The molecule has 0 unspecified atom stereocenters. The molecule has 17 heavy (non-hydrogen) atoms. The van der Waals surface area contributed by atoms with Crippen molar-refractivity contribution < 1.29 is 0 Å². The van der Waals surface area contributed by atoms with Crippen LogP contribution < -0.4 is 0 Å². The normalized spacial score (nSPS) is 17.0. The van der Waals surface area contributed by atoms with E-state index < -0.39 is 0 Å². The zero-order chi connectivity index (χ0) is 12.3. The summed E-state index contributed by atoms with van der Waals surface area (Å²) in [6, 6.07) is 2.79. The number of thioether (sulfide) groups is 1. The van der Waals surface area contributed by atoms with Gasteiger partial charge < -0.3 is 4.57 Å². The van der Waals surface area contributed by atoms with Crippen LogP contribution in [0.1, 0.15) is 49.5 Å². The van der Waals surface area contributed by atoms with E-state index in [4.69, 9.17) is 5.26 Å². The first-order valence-electron chi connectivity index (χ1n) is 6.29. The van der Waals surface area contributed by atoms with E-state index in [9.17, 15) is 0 Å². The van der Waals surface area contributed by atoms with E-state index in [0.717, 1.165) is 10.9 Å². The molecule has 2 rings (SSSR count). The second-order valence-corrected chi connectivity index (χ2v) is 5.62. The van der Waals surface area contributed by atoms with Crippen LogP contribution in [-0.4, -0.2) is 15.3 Å². The van der Waals surface area contributed by atoms with Gasteiger partial charge in [0.15, 0.2) is 5.16 Å². The molecule has 0 spiro atoms. The van der Waals surface area contributed by atoms with Crippen molar-refractivity contribution in [1.29, 1.82) is 5.26 Å². The van der Waals surface area contributed by atoms with Crippen LogP contribution >= 0.6 is 11.8 Å². The molecule has 1 fully saturated rings. The Balaban J connectivity index is 2.26. The van der Waals surface area contributed by atoms with Gasteiger partial charge in [-0.3, -0.25) is 0 Å². The van der Waals surface area contributed by atoms with E-state index in [1.165, 1.54) is 37.8 Å². The molecule has 0 radical (unpaired) electrons. The largest absolute Gasteiger partial charge is 0.320 e. The molecule has 0 aliphatic heterocycles. The van der Waals surface area contributed by atoms with Gasteiger partial charge in [-0.2, -0.15) is 5.26 Å². The molecule has 4 heteroatoms. The maximum Gasteiger partial charge on any atom is 0.169 e. The van der Waals surface area contributed by atoms with Gasteiger partial charge in [-0.25, -0.2) is 4.98 Å². The number of aromatic nitrogens is 2. The van der Waals surface area contributed by atoms with Gasteiger partial charge in [-0.15, -0.1) is 0 Å². The number of imidazole rings is 1. The average molecular weight is 249 g/mol. The Labute approximate surface area is 107 Å². The molecule has 1 aliphatic carbocycles. The van der Waals surface area contributed by atoms with Crippen molar-refractivity contribution in [3.05, 3.63) is 11.4 Å². The number of nitriles is 1. The lowest BCUT2D eigenvalue weighted by molar-refractivity contribution is 0.332. The van der Waals surface area contributed by atoms with Gasteiger partial charge in [0.05, 0.1) is 17.5 Å². The molecule has 0 atom stereocenters. The standard InChI is InChI=1S/C13H19N3S/c1-10-11(2)16(12-6-4-3-5-7-12)13(15-10)17-9-8-14/h12H,3-7,9H2,1-2H3. The fraction of sp³-hybridized carbons (Fsp3) is 0.692. The summed E-state index contributed by atoms with van der Waals surface area (Å²) in [6.07, 6.45) is 6.53. The predicted molar refractivity (Wildman–Crippen MR) is 70.2 cm³/mol. The summed E-state index contributed by atoms with van der Waals surface area (Å²) in [7, 11) is 0. The van der Waals surface area contributed by atoms with Gasteiger partial charge in [0.1, 0.15) is 0 Å². The van der Waals surface area contributed by atoms with E-state index in [0.29, 0.717) is 11.8 Å². The smallest absolute Gasteiger partial charge is 0.169 e. The zero-order valence-corrected chi connectivity index (χ0v) is 11.4. The van der Waals surface area contributed by atoms with Crippen LogP contribution in [0.2, 0.25) is 0 Å². The highest BCUT2D eigenvalue weighted by Crippen LogP contribution is 2.33. The molecule has 1 aromatic rings. The van der Waals surface area contributed by atoms with Gasteiger partial charge in [0, 0.05) is 11.7 Å². The molecule has 0 bridgehead atoms. The quantitative estimate of drug-likeness (QED) is 0.768. The first kappa shape index (κ1) is 12.5. The third-order valence-corrected chi connectivity index (χ3v) is 4.38. The molecule has 1 aromatic heterocycles. The Kier molecular flexibility index (Phi) is 4.11. The molecule has 0 aromatic carbocycles. The molecule has 92 valence electrons. The van der Waals surface area contributed by atoms with Crippen molar-refractivity contribution in [2.45, 2.75) is 57.1 Å². The van der Waals surface area contributed by atoms with Crippen molar-refractivity contribution in [1.82, 2.24) is 9.55 Å². The van der Waals surface area contributed by atoms with Crippen molar-refractivity contribution in [2.75, 3.05) is 5.75 Å². The third-order valence-electron chi connectivity index (χ3n) is 3.56. The first-order valence-corrected chi connectivity index (χ1v) is 7.27. The maximum absolute atomic E-state index is 8.70. The van der Waals surface area contributed by atoms with Gasteiger partial charge in [-0.1, -0.05) is 31.0 Å². The minimum atomic E-state index is 0.489. The SMILES string of the molecule is Cc1nc(SCC#N)n(C2CCCCC2)c1C. The Morgan fingerprint density at radius 1 is 1.35 bits per heavy atom. The minimum Gasteiger partial charge on any atom is -0.320 e. The van der Waals surface area contributed by atoms with Crippen molar-refractivity contribution in [2.24, 2.45) is 0 Å². The van der Waals surface area contributed by atoms with Crippen LogP contribution in [0.25, 0.3) is 0 Å². The lowest BCUT2D eigenvalue weighted by atomic mass is 9.95. The van der Waals surface area contributed by atoms with Gasteiger partial charge in [-0.05, 0) is 26.7 Å². The summed E-state index contributed by atoms with van der Waals surface area (Å²) >= 11 is 1.57. The fourth-order valence-electron chi connectivity index (χ4n) is 2.56. The Hall–Kier alpha value is -0.950. The number of rotatable bonds is 3. The van der Waals surface area contributed by atoms with Crippen LogP contribution in [0.4, 0.5) is 0 Å². The second-order valence-electron chi connectivity index (χ2n) is 4.67. The summed E-state index contributed by atoms with van der Waals surface area (Å²) in [5.41, 5.74) is 2.38. The molecule has 0 amide bonds. The summed E-state index contributed by atoms with van der Waals surface area (Å²) < 4.78 is 2.37. The average Bonchev–Trinajstić information content (AvgIpc) is 2.64. The highest BCUT2D eigenvalue weighted by molar-refractivity contribution is 7.99. The number of nitrogens with zero attached hydrogens (tertiary/aromatic N) is 3. The summed E-state index contributed by atoms with van der Waals surface area (Å²) in [6.45, 7) is 4.21. The summed E-state index contributed by atoms with van der Waals surface area (Å²) in [4.78, 5) is 4.60. The number of aryl methyl sites for hydroxylation is 1. The molecular weight excluding hydrogens is 230 g/mol. The van der Waals surface area contributed by atoms with E-state index in [2.05, 4.69) is 29.5 Å². The van der Waals surface area contributed by atoms with Crippen molar-refractivity contribution >= 4 is 11.8 Å². The minimum absolute atomic E-state index is 0.489.